The number of pyridine rings is 3. The molecule has 13 heteroatoms. The number of nitrogens with one attached hydrogen (secondary N) is 1. The van der Waals surface area contributed by atoms with Crippen LogP contribution >= 0.6 is 11.6 Å². The maximum atomic E-state index is 14.2. The van der Waals surface area contributed by atoms with Crippen LogP contribution in [0.15, 0.2) is 53.6 Å². The molecule has 1 fully saturated rings. The molecule has 6 rings (SSSR count). The molecule has 1 amide bonds. The Hall–Kier alpha value is -3.77. The Morgan fingerprint density at radius 1 is 1.07 bits per heavy atom. The van der Waals surface area contributed by atoms with Crippen molar-refractivity contribution in [1.82, 2.24) is 20.3 Å². The largest absolute Gasteiger partial charge is 0.490 e. The Balaban J connectivity index is 1.24. The van der Waals surface area contributed by atoms with Crippen LogP contribution in [0, 0.1) is 0 Å². The van der Waals surface area contributed by atoms with E-state index in [1.54, 1.807) is 24.4 Å². The van der Waals surface area contributed by atoms with E-state index in [4.69, 9.17) is 16.3 Å². The molecule has 3 aromatic heterocycles. The number of aromatic nitrogens is 3. The van der Waals surface area contributed by atoms with Crippen LogP contribution in [0.1, 0.15) is 58.9 Å². The monoisotopic (exact) mass is 602 g/mol. The molecular weight excluding hydrogens is 581 g/mol. The van der Waals surface area contributed by atoms with Crippen molar-refractivity contribution in [2.45, 2.75) is 48.5 Å². The summed E-state index contributed by atoms with van der Waals surface area (Å²) in [6.07, 6.45) is 0.304. The van der Waals surface area contributed by atoms with Gasteiger partial charge in [0.05, 0.1) is 46.5 Å². The second kappa shape index (κ2) is 10.6. The summed E-state index contributed by atoms with van der Waals surface area (Å²) in [7, 11) is -4.38. The number of hydrogen-bond donors (Lipinski definition) is 1. The highest BCUT2D eigenvalue weighted by Crippen LogP contribution is 2.43. The molecular formula is C28H22ClF3N4O4S. The number of fused-ring (bicyclic) bond motifs is 2. The number of sulfone groups is 1. The van der Waals surface area contributed by atoms with Gasteiger partial charge in [-0.05, 0) is 55.3 Å². The van der Waals surface area contributed by atoms with E-state index >= 15 is 0 Å². The van der Waals surface area contributed by atoms with Gasteiger partial charge >= 0.3 is 0 Å². The molecule has 8 nitrogen and oxygen atoms in total. The molecule has 1 saturated carbocycles. The summed E-state index contributed by atoms with van der Waals surface area (Å²) in [5, 5.41) is 3.26. The van der Waals surface area contributed by atoms with E-state index in [1.807, 2.05) is 0 Å². The highest BCUT2D eigenvalue weighted by molar-refractivity contribution is 7.92. The summed E-state index contributed by atoms with van der Waals surface area (Å²) in [5.74, 6) is -0.785. The molecule has 1 atom stereocenters. The van der Waals surface area contributed by atoms with Gasteiger partial charge in [-0.25, -0.2) is 26.6 Å². The first-order chi connectivity index (χ1) is 19.6. The first-order valence-corrected chi connectivity index (χ1v) is 14.7. The Morgan fingerprint density at radius 3 is 2.59 bits per heavy atom. The fourth-order valence-corrected chi connectivity index (χ4v) is 6.39. The molecule has 1 aliphatic heterocycles. The summed E-state index contributed by atoms with van der Waals surface area (Å²) in [5.41, 5.74) is 0.114. The maximum Gasteiger partial charge on any atom is 0.265 e. The molecule has 212 valence electrons. The number of amides is 1. The van der Waals surface area contributed by atoms with Crippen LogP contribution < -0.4 is 10.1 Å². The van der Waals surface area contributed by atoms with Crippen molar-refractivity contribution in [3.8, 4) is 17.1 Å². The quantitative estimate of drug-likeness (QED) is 0.291. The molecule has 1 aromatic carbocycles. The molecule has 2 aliphatic rings. The van der Waals surface area contributed by atoms with E-state index in [9.17, 15) is 26.4 Å². The molecule has 4 aromatic rings. The van der Waals surface area contributed by atoms with Crippen LogP contribution in [0.3, 0.4) is 0 Å². The second-order valence-corrected chi connectivity index (χ2v) is 12.3. The third kappa shape index (κ3) is 5.33. The number of rotatable bonds is 6. The lowest BCUT2D eigenvalue weighted by atomic mass is 10.1. The first kappa shape index (κ1) is 27.4. The molecule has 1 aliphatic carbocycles. The molecule has 0 unspecified atom stereocenters. The zero-order valence-corrected chi connectivity index (χ0v) is 22.9. The molecule has 0 radical (unpaired) electrons. The summed E-state index contributed by atoms with van der Waals surface area (Å²) in [4.78, 5) is 25.9. The summed E-state index contributed by atoms with van der Waals surface area (Å²) in [6, 6.07) is 10.5. The third-order valence-electron chi connectivity index (χ3n) is 6.99. The lowest BCUT2D eigenvalue weighted by Gasteiger charge is -2.12. The average molecular weight is 603 g/mol. The summed E-state index contributed by atoms with van der Waals surface area (Å²) in [6.45, 7) is -0.196. The van der Waals surface area contributed by atoms with Gasteiger partial charge in [0.2, 0.25) is 15.3 Å². The van der Waals surface area contributed by atoms with E-state index in [0.29, 0.717) is 28.3 Å². The number of benzene rings is 1. The number of nitrogens with zero attached hydrogens (tertiary/aromatic N) is 3. The van der Waals surface area contributed by atoms with Crippen LogP contribution in [0.4, 0.5) is 13.2 Å². The number of ether oxygens (including phenoxy) is 1. The lowest BCUT2D eigenvalue weighted by molar-refractivity contribution is 0.0950. The van der Waals surface area contributed by atoms with Crippen LogP contribution in [0.5, 0.6) is 5.75 Å². The fraction of sp³-hybridized carbons (Fsp3) is 0.286. The van der Waals surface area contributed by atoms with E-state index < -0.39 is 32.6 Å². The minimum atomic E-state index is -4.38. The SMILES string of the molecule is O=C(NCc1cc2nc(-c3ccc(C(F)F)c(C4CC4)n3)ccc2cn1)c1cc(Cl)c2c(c1)S(=O)(=O)[C@@H](F)CCO2. The summed E-state index contributed by atoms with van der Waals surface area (Å²) >= 11 is 6.19. The minimum Gasteiger partial charge on any atom is -0.490 e. The highest BCUT2D eigenvalue weighted by atomic mass is 35.5. The second-order valence-electron chi connectivity index (χ2n) is 9.87. The third-order valence-corrected chi connectivity index (χ3v) is 9.09. The topological polar surface area (TPSA) is 111 Å². The van der Waals surface area contributed by atoms with Crippen molar-refractivity contribution < 1.29 is 31.1 Å². The number of hydrogen-bond acceptors (Lipinski definition) is 7. The van der Waals surface area contributed by atoms with Gasteiger partial charge in [0, 0.05) is 35.0 Å². The van der Waals surface area contributed by atoms with Gasteiger partial charge in [-0.15, -0.1) is 0 Å². The highest BCUT2D eigenvalue weighted by Gasteiger charge is 2.35. The number of carbonyl (C=O) groups is 1. The van der Waals surface area contributed by atoms with Gasteiger partial charge in [0.1, 0.15) is 4.90 Å². The van der Waals surface area contributed by atoms with Crippen molar-refractivity contribution in [2.75, 3.05) is 6.61 Å². The number of alkyl halides is 3. The van der Waals surface area contributed by atoms with Gasteiger partial charge in [0.25, 0.3) is 12.3 Å². The van der Waals surface area contributed by atoms with Gasteiger partial charge < -0.3 is 10.1 Å². The Labute approximate surface area is 237 Å². The van der Waals surface area contributed by atoms with Crippen molar-refractivity contribution >= 4 is 38.2 Å². The minimum absolute atomic E-state index is 0.0302. The van der Waals surface area contributed by atoms with Crippen LogP contribution in [0.2, 0.25) is 5.02 Å². The normalized spacial score (nSPS) is 18.0. The van der Waals surface area contributed by atoms with Gasteiger partial charge in [-0.1, -0.05) is 11.6 Å². The van der Waals surface area contributed by atoms with Crippen molar-refractivity contribution in [1.29, 1.82) is 0 Å². The zero-order valence-electron chi connectivity index (χ0n) is 21.3. The number of halogens is 4. The van der Waals surface area contributed by atoms with Gasteiger partial charge in [0.15, 0.2) is 5.75 Å². The average Bonchev–Trinajstić information content (AvgIpc) is 3.81. The Kier molecular flexibility index (Phi) is 7.06. The van der Waals surface area contributed by atoms with Gasteiger partial charge in [-0.2, -0.15) is 0 Å². The van der Waals surface area contributed by atoms with Crippen LogP contribution in [0.25, 0.3) is 22.3 Å². The van der Waals surface area contributed by atoms with E-state index in [0.717, 1.165) is 24.3 Å². The van der Waals surface area contributed by atoms with Crippen LogP contribution in [-0.2, 0) is 16.4 Å². The Morgan fingerprint density at radius 2 is 1.83 bits per heavy atom. The predicted octanol–water partition coefficient (Wildman–Crippen LogP) is 5.94. The predicted molar refractivity (Wildman–Crippen MR) is 145 cm³/mol. The standard InChI is InChI=1S/C28H22ClF3N4O4S/c29-19-9-16(10-23-26(19)40-8-7-24(30)41(23,38)39)28(37)34-13-17-11-22-15(12-33-17)3-5-20(35-22)21-6-4-18(27(31)32)25(36-21)14-1-2-14/h3-6,9-12,14,24,27H,1-2,7-8,13H2,(H,34,37)/t24-/m1/s1. The van der Waals surface area contributed by atoms with Crippen molar-refractivity contribution in [3.05, 3.63) is 76.2 Å². The fourth-order valence-electron chi connectivity index (χ4n) is 4.66. The molecule has 41 heavy (non-hydrogen) atoms. The molecule has 0 saturated heterocycles. The molecule has 0 spiro atoms. The van der Waals surface area contributed by atoms with E-state index in [1.165, 1.54) is 18.2 Å². The lowest BCUT2D eigenvalue weighted by Crippen LogP contribution is -2.24. The Bertz CT molecular complexity index is 1800. The molecule has 1 N–H and O–H groups in total. The molecule has 4 heterocycles. The smallest absolute Gasteiger partial charge is 0.265 e. The van der Waals surface area contributed by atoms with Crippen molar-refractivity contribution in [2.24, 2.45) is 0 Å². The molecule has 0 bridgehead atoms. The number of carbonyl (C=O) groups excluding carboxylic acids is 1. The van der Waals surface area contributed by atoms with Crippen molar-refractivity contribution in [3.63, 3.8) is 0 Å². The van der Waals surface area contributed by atoms with E-state index in [-0.39, 0.29) is 47.4 Å². The summed E-state index contributed by atoms with van der Waals surface area (Å²) < 4.78 is 71.7. The van der Waals surface area contributed by atoms with Crippen LogP contribution in [-0.4, -0.2) is 41.4 Å². The zero-order chi connectivity index (χ0) is 28.9. The first-order valence-electron chi connectivity index (χ1n) is 12.8. The van der Waals surface area contributed by atoms with Gasteiger partial charge in [-0.3, -0.25) is 14.8 Å². The van der Waals surface area contributed by atoms with E-state index in [2.05, 4.69) is 20.3 Å². The maximum absolute atomic E-state index is 14.2.